The molecule has 4 atom stereocenters. The highest BCUT2D eigenvalue weighted by Crippen LogP contribution is 2.38. The maximum atomic E-state index is 14.6. The summed E-state index contributed by atoms with van der Waals surface area (Å²) in [5.41, 5.74) is 0.304. The molecule has 1 aliphatic heterocycles. The maximum absolute atomic E-state index is 14.6. The Balaban J connectivity index is 1.92. The summed E-state index contributed by atoms with van der Waals surface area (Å²) in [4.78, 5) is 39.1. The lowest BCUT2D eigenvalue weighted by Gasteiger charge is -2.31. The van der Waals surface area contributed by atoms with Gasteiger partial charge in [-0.1, -0.05) is 25.1 Å². The minimum Gasteiger partial charge on any atom is -0.508 e. The van der Waals surface area contributed by atoms with Gasteiger partial charge in [0.2, 0.25) is 5.91 Å². The highest BCUT2D eigenvalue weighted by atomic mass is 19.4. The second-order valence-corrected chi connectivity index (χ2v) is 9.60. The quantitative estimate of drug-likeness (QED) is 0.361. The molecular formula is C26H27F6N3O5. The van der Waals surface area contributed by atoms with Crippen LogP contribution < -0.4 is 10.6 Å². The van der Waals surface area contributed by atoms with Gasteiger partial charge in [-0.3, -0.25) is 14.4 Å². The molecule has 218 valence electrons. The third-order valence-electron chi connectivity index (χ3n) is 6.72. The Kier molecular flexibility index (Phi) is 9.02. The zero-order chi connectivity index (χ0) is 30.0. The van der Waals surface area contributed by atoms with E-state index >= 15 is 0 Å². The molecule has 8 nitrogen and oxygen atoms in total. The SMILES string of the molecule is Cc1c(O)cccc1C(=O)N[C@@H](Cc1cccc(F)c1)[C@H](O)C(=O)N1CC(F)(F)C(C)[C@H]1C(=O)NCC(F)(F)F. The van der Waals surface area contributed by atoms with Crippen LogP contribution in [-0.4, -0.2) is 76.2 Å². The number of nitrogens with one attached hydrogen (secondary N) is 2. The predicted molar refractivity (Wildman–Crippen MR) is 129 cm³/mol. The number of phenols is 1. The standard InChI is InChI=1S/C26H27F6N3O5/c1-13-17(7-4-8-19(13)36)22(38)34-18(10-15-5-3-6-16(27)9-15)21(37)24(40)35-12-25(28,29)14(2)20(35)23(39)33-11-26(30,31)32/h3-9,14,18,20-21,36-37H,10-12H2,1-2H3,(H,33,39)(H,34,38)/t14?,18-,20-,21-/m0/s1. The smallest absolute Gasteiger partial charge is 0.405 e. The summed E-state index contributed by atoms with van der Waals surface area (Å²) >= 11 is 0. The van der Waals surface area contributed by atoms with Gasteiger partial charge < -0.3 is 25.7 Å². The van der Waals surface area contributed by atoms with Crippen molar-refractivity contribution < 1.29 is 50.9 Å². The molecule has 0 bridgehead atoms. The summed E-state index contributed by atoms with van der Waals surface area (Å²) < 4.78 is 80.9. The molecule has 0 saturated carbocycles. The van der Waals surface area contributed by atoms with Crippen molar-refractivity contribution >= 4 is 17.7 Å². The lowest BCUT2D eigenvalue weighted by Crippen LogP contribution is -2.57. The molecule has 14 heteroatoms. The minimum absolute atomic E-state index is 0.0466. The van der Waals surface area contributed by atoms with E-state index in [2.05, 4.69) is 5.32 Å². The van der Waals surface area contributed by atoms with Crippen LogP contribution in [0.3, 0.4) is 0 Å². The van der Waals surface area contributed by atoms with E-state index in [1.807, 2.05) is 0 Å². The van der Waals surface area contributed by atoms with Crippen LogP contribution in [0.5, 0.6) is 5.75 Å². The lowest BCUT2D eigenvalue weighted by atomic mass is 9.97. The van der Waals surface area contributed by atoms with Gasteiger partial charge in [-0.25, -0.2) is 13.2 Å². The van der Waals surface area contributed by atoms with E-state index in [-0.39, 0.29) is 33.8 Å². The van der Waals surface area contributed by atoms with Crippen LogP contribution in [0, 0.1) is 18.7 Å². The Morgan fingerprint density at radius 1 is 1.15 bits per heavy atom. The number of nitrogens with zero attached hydrogens (tertiary/aromatic N) is 1. The summed E-state index contributed by atoms with van der Waals surface area (Å²) in [5, 5.41) is 24.8. The van der Waals surface area contributed by atoms with Gasteiger partial charge in [0.25, 0.3) is 17.7 Å². The number of halogens is 6. The summed E-state index contributed by atoms with van der Waals surface area (Å²) in [5.74, 6) is -10.3. The monoisotopic (exact) mass is 575 g/mol. The first-order valence-electron chi connectivity index (χ1n) is 12.1. The molecule has 0 radical (unpaired) electrons. The van der Waals surface area contributed by atoms with Crippen LogP contribution in [-0.2, 0) is 16.0 Å². The molecule has 2 aromatic carbocycles. The van der Waals surface area contributed by atoms with Crippen molar-refractivity contribution in [1.29, 1.82) is 0 Å². The average molecular weight is 576 g/mol. The van der Waals surface area contributed by atoms with Crippen LogP contribution >= 0.6 is 0 Å². The van der Waals surface area contributed by atoms with Crippen molar-refractivity contribution in [3.8, 4) is 5.75 Å². The minimum atomic E-state index is -4.85. The fourth-order valence-electron chi connectivity index (χ4n) is 4.46. The van der Waals surface area contributed by atoms with Crippen LogP contribution in [0.1, 0.15) is 28.4 Å². The van der Waals surface area contributed by atoms with Crippen LogP contribution in [0.2, 0.25) is 0 Å². The first-order chi connectivity index (χ1) is 18.5. The number of amides is 3. The van der Waals surface area contributed by atoms with Gasteiger partial charge in [0.05, 0.1) is 18.5 Å². The number of alkyl halides is 5. The van der Waals surface area contributed by atoms with E-state index in [0.717, 1.165) is 19.1 Å². The van der Waals surface area contributed by atoms with Crippen molar-refractivity contribution in [2.45, 2.75) is 50.6 Å². The molecule has 1 fully saturated rings. The van der Waals surface area contributed by atoms with Crippen LogP contribution in [0.4, 0.5) is 26.3 Å². The third kappa shape index (κ3) is 7.03. The van der Waals surface area contributed by atoms with Crippen LogP contribution in [0.15, 0.2) is 42.5 Å². The summed E-state index contributed by atoms with van der Waals surface area (Å²) in [6.07, 6.45) is -7.50. The number of rotatable bonds is 8. The molecule has 0 aliphatic carbocycles. The average Bonchev–Trinajstić information content (AvgIpc) is 3.11. The Labute approximate surface area is 225 Å². The van der Waals surface area contributed by atoms with Crippen molar-refractivity contribution in [3.05, 3.63) is 65.0 Å². The molecule has 40 heavy (non-hydrogen) atoms. The molecule has 1 aliphatic rings. The molecule has 0 spiro atoms. The Bertz CT molecular complexity index is 1270. The van der Waals surface area contributed by atoms with Gasteiger partial charge in [-0.2, -0.15) is 13.2 Å². The van der Waals surface area contributed by atoms with Gasteiger partial charge in [-0.05, 0) is 43.2 Å². The van der Waals surface area contributed by atoms with E-state index in [0.29, 0.717) is 0 Å². The fourth-order valence-corrected chi connectivity index (χ4v) is 4.46. The molecule has 3 rings (SSSR count). The Morgan fingerprint density at radius 2 is 1.80 bits per heavy atom. The zero-order valence-corrected chi connectivity index (χ0v) is 21.3. The summed E-state index contributed by atoms with van der Waals surface area (Å²) in [6, 6.07) is 5.29. The molecule has 4 N–H and O–H groups in total. The predicted octanol–water partition coefficient (Wildman–Crippen LogP) is 2.70. The van der Waals surface area contributed by atoms with E-state index in [1.54, 1.807) is 0 Å². The van der Waals surface area contributed by atoms with Gasteiger partial charge in [0.15, 0.2) is 6.10 Å². The second-order valence-electron chi connectivity index (χ2n) is 9.60. The number of likely N-dealkylation sites (tertiary alicyclic amines) is 1. The first kappa shape index (κ1) is 30.7. The van der Waals surface area contributed by atoms with Crippen molar-refractivity contribution in [2.75, 3.05) is 13.1 Å². The number of carbonyl (C=O) groups is 3. The van der Waals surface area contributed by atoms with Crippen molar-refractivity contribution in [1.82, 2.24) is 15.5 Å². The summed E-state index contributed by atoms with van der Waals surface area (Å²) in [6.45, 7) is -0.896. The van der Waals surface area contributed by atoms with E-state index in [4.69, 9.17) is 0 Å². The van der Waals surface area contributed by atoms with E-state index in [1.165, 1.54) is 42.6 Å². The van der Waals surface area contributed by atoms with Gasteiger partial charge in [0, 0.05) is 11.1 Å². The Hall–Kier alpha value is -3.81. The highest BCUT2D eigenvalue weighted by molar-refractivity contribution is 5.97. The van der Waals surface area contributed by atoms with E-state index < -0.39 is 72.8 Å². The topological polar surface area (TPSA) is 119 Å². The van der Waals surface area contributed by atoms with Crippen LogP contribution in [0.25, 0.3) is 0 Å². The second kappa shape index (κ2) is 11.7. The number of hydrogen-bond acceptors (Lipinski definition) is 5. The van der Waals surface area contributed by atoms with Gasteiger partial charge in [0.1, 0.15) is 24.2 Å². The molecule has 1 saturated heterocycles. The normalized spacial score (nSPS) is 20.1. The van der Waals surface area contributed by atoms with Gasteiger partial charge in [-0.15, -0.1) is 0 Å². The fraction of sp³-hybridized carbons (Fsp3) is 0.423. The van der Waals surface area contributed by atoms with Crippen molar-refractivity contribution in [2.24, 2.45) is 5.92 Å². The molecule has 1 heterocycles. The molecule has 1 unspecified atom stereocenters. The molecular weight excluding hydrogens is 548 g/mol. The number of hydrogen-bond donors (Lipinski definition) is 4. The number of benzene rings is 2. The van der Waals surface area contributed by atoms with Crippen molar-refractivity contribution in [3.63, 3.8) is 0 Å². The Morgan fingerprint density at radius 3 is 2.42 bits per heavy atom. The highest BCUT2D eigenvalue weighted by Gasteiger charge is 2.57. The molecule has 0 aromatic heterocycles. The third-order valence-corrected chi connectivity index (χ3v) is 6.72. The number of carbonyl (C=O) groups excluding carboxylic acids is 3. The zero-order valence-electron chi connectivity index (χ0n) is 21.3. The first-order valence-corrected chi connectivity index (χ1v) is 12.1. The van der Waals surface area contributed by atoms with E-state index in [9.17, 15) is 50.9 Å². The lowest BCUT2D eigenvalue weighted by molar-refractivity contribution is -0.150. The number of aromatic hydroxyl groups is 1. The number of phenolic OH excluding ortho intramolecular Hbond substituents is 1. The number of aliphatic hydroxyl groups is 1. The maximum Gasteiger partial charge on any atom is 0.405 e. The summed E-state index contributed by atoms with van der Waals surface area (Å²) in [7, 11) is 0. The van der Waals surface area contributed by atoms with Gasteiger partial charge >= 0.3 is 6.18 Å². The largest absolute Gasteiger partial charge is 0.508 e. The molecule has 2 aromatic rings. The number of aliphatic hydroxyl groups excluding tert-OH is 1. The molecule has 3 amide bonds.